The number of ether oxygens (including phenoxy) is 2. The minimum Gasteiger partial charge on any atom is -0.388 e. The average molecular weight is 631 g/mol. The van der Waals surface area contributed by atoms with Crippen molar-refractivity contribution in [3.05, 3.63) is 71.3 Å². The molecule has 45 heavy (non-hydrogen) atoms. The van der Waals surface area contributed by atoms with Gasteiger partial charge >= 0.3 is 0 Å². The van der Waals surface area contributed by atoms with E-state index < -0.39 is 47.3 Å². The summed E-state index contributed by atoms with van der Waals surface area (Å²) in [6.07, 6.45) is 0.643. The molecule has 2 N–H and O–H groups in total. The highest BCUT2D eigenvalue weighted by atomic mass is 19.1. The van der Waals surface area contributed by atoms with Gasteiger partial charge in [0, 0.05) is 45.0 Å². The van der Waals surface area contributed by atoms with E-state index in [1.807, 2.05) is 18.7 Å². The van der Waals surface area contributed by atoms with Crippen molar-refractivity contribution in [2.45, 2.75) is 88.6 Å². The Morgan fingerprint density at radius 3 is 2.29 bits per heavy atom. The molecule has 0 bridgehead atoms. The number of methoxy groups -OCH3 is 1. The van der Waals surface area contributed by atoms with E-state index in [4.69, 9.17) is 9.47 Å². The minimum absolute atomic E-state index is 0.0314. The number of hydrogen-bond donors (Lipinski definition) is 2. The summed E-state index contributed by atoms with van der Waals surface area (Å²) in [6.45, 7) is 4.46. The number of carbonyl (C=O) groups is 2. The van der Waals surface area contributed by atoms with E-state index >= 15 is 4.39 Å². The van der Waals surface area contributed by atoms with Crippen LogP contribution in [-0.4, -0.2) is 96.1 Å². The van der Waals surface area contributed by atoms with Crippen molar-refractivity contribution in [1.29, 1.82) is 0 Å². The van der Waals surface area contributed by atoms with E-state index in [0.29, 0.717) is 50.8 Å². The second kappa shape index (κ2) is 16.1. The van der Waals surface area contributed by atoms with Crippen LogP contribution in [0.1, 0.15) is 74.7 Å². The van der Waals surface area contributed by atoms with Gasteiger partial charge in [-0.05, 0) is 56.2 Å². The zero-order valence-electron chi connectivity index (χ0n) is 26.7. The van der Waals surface area contributed by atoms with Gasteiger partial charge in [0.05, 0.1) is 17.6 Å². The fourth-order valence-corrected chi connectivity index (χ4v) is 6.87. The van der Waals surface area contributed by atoms with E-state index in [9.17, 15) is 24.2 Å². The molecule has 2 amide bonds. The van der Waals surface area contributed by atoms with Gasteiger partial charge in [-0.25, -0.2) is 8.78 Å². The third-order valence-corrected chi connectivity index (χ3v) is 9.23. The minimum atomic E-state index is -1.39. The Kier molecular flexibility index (Phi) is 12.5. The van der Waals surface area contributed by atoms with Crippen LogP contribution in [0.2, 0.25) is 0 Å². The molecule has 2 aromatic carbocycles. The summed E-state index contributed by atoms with van der Waals surface area (Å²) < 4.78 is 41.6. The van der Waals surface area contributed by atoms with Crippen LogP contribution < -0.4 is 0 Å². The molecule has 1 aliphatic heterocycles. The first-order valence-corrected chi connectivity index (χ1v) is 16.2. The van der Waals surface area contributed by atoms with Gasteiger partial charge in [0.2, 0.25) is 5.91 Å². The maximum Gasteiger partial charge on any atom is 0.256 e. The Bertz CT molecular complexity index is 1270. The molecule has 2 fully saturated rings. The summed E-state index contributed by atoms with van der Waals surface area (Å²) in [5, 5.41) is 21.6. The molecule has 1 saturated heterocycles. The van der Waals surface area contributed by atoms with Crippen LogP contribution in [0.3, 0.4) is 0 Å². The van der Waals surface area contributed by atoms with Crippen LogP contribution in [0.4, 0.5) is 8.78 Å². The molecular formula is C35H48F2N2O6. The number of hydrogen-bond acceptors (Lipinski definition) is 6. The van der Waals surface area contributed by atoms with Crippen LogP contribution in [-0.2, 0) is 19.7 Å². The third-order valence-electron chi connectivity index (χ3n) is 9.23. The van der Waals surface area contributed by atoms with Gasteiger partial charge in [0.15, 0.2) is 0 Å². The van der Waals surface area contributed by atoms with Gasteiger partial charge in [-0.15, -0.1) is 0 Å². The molecule has 8 nitrogen and oxygen atoms in total. The lowest BCUT2D eigenvalue weighted by Crippen LogP contribution is -2.56. The second-order valence-electron chi connectivity index (χ2n) is 12.9. The Labute approximate surface area is 265 Å². The van der Waals surface area contributed by atoms with Gasteiger partial charge in [0.1, 0.15) is 29.9 Å². The molecule has 0 spiro atoms. The largest absolute Gasteiger partial charge is 0.388 e. The molecule has 1 heterocycles. The normalized spacial score (nSPS) is 25.2. The number of nitrogens with zero attached hydrogens (tertiary/aromatic N) is 2. The summed E-state index contributed by atoms with van der Waals surface area (Å²) in [6, 6.07) is 11.7. The summed E-state index contributed by atoms with van der Waals surface area (Å²) in [7, 11) is 1.37. The van der Waals surface area contributed by atoms with Crippen molar-refractivity contribution >= 4 is 11.8 Å². The number of carbonyl (C=O) groups excluding carboxylic acids is 2. The highest BCUT2D eigenvalue weighted by Gasteiger charge is 2.48. The molecule has 2 aromatic rings. The fraction of sp³-hybridized carbons (Fsp3) is 0.600. The lowest BCUT2D eigenvalue weighted by molar-refractivity contribution is -0.141. The molecule has 248 valence electrons. The standard InChI is InChI=1S/C35H48F2N2O6/c1-24(2)20-25-21-38(33(42)26-12-4-6-14-28(26)36)22-31(44-3)32(41)30(40)23-45-19-11-10-18-39(25)34(43)35(16-8-9-17-35)27-13-5-7-15-29(27)37/h4-7,12-15,24-25,30-32,40-41H,8-11,16-23H2,1-3H3/t25-,30-,31-,32-/m1/s1. The Morgan fingerprint density at radius 2 is 1.64 bits per heavy atom. The Hall–Kier alpha value is -2.92. The van der Waals surface area contributed by atoms with Gasteiger partial charge in [-0.1, -0.05) is 57.0 Å². The summed E-state index contributed by atoms with van der Waals surface area (Å²) in [5.41, 5.74) is -0.779. The number of benzene rings is 2. The van der Waals surface area contributed by atoms with Crippen molar-refractivity contribution < 1.29 is 38.1 Å². The fourth-order valence-electron chi connectivity index (χ4n) is 6.87. The highest BCUT2D eigenvalue weighted by molar-refractivity contribution is 5.94. The van der Waals surface area contributed by atoms with Crippen LogP contribution in [0.5, 0.6) is 0 Å². The Balaban J connectivity index is 1.80. The highest BCUT2D eigenvalue weighted by Crippen LogP contribution is 2.44. The summed E-state index contributed by atoms with van der Waals surface area (Å²) in [4.78, 5) is 32.1. The predicted molar refractivity (Wildman–Crippen MR) is 167 cm³/mol. The van der Waals surface area contributed by atoms with Crippen LogP contribution in [0, 0.1) is 17.6 Å². The number of rotatable bonds is 6. The zero-order valence-corrected chi connectivity index (χ0v) is 26.7. The van der Waals surface area contributed by atoms with E-state index in [-0.39, 0.29) is 37.1 Å². The number of aliphatic hydroxyl groups excluding tert-OH is 2. The van der Waals surface area contributed by atoms with Crippen molar-refractivity contribution in [1.82, 2.24) is 9.80 Å². The van der Waals surface area contributed by atoms with Gasteiger partial charge in [0.25, 0.3) is 5.91 Å². The van der Waals surface area contributed by atoms with E-state index in [1.54, 1.807) is 24.3 Å². The molecule has 4 atom stereocenters. The first-order valence-electron chi connectivity index (χ1n) is 16.2. The van der Waals surface area contributed by atoms with Crippen molar-refractivity contribution in [2.24, 2.45) is 5.92 Å². The van der Waals surface area contributed by atoms with Crippen LogP contribution in [0.25, 0.3) is 0 Å². The average Bonchev–Trinajstić information content (AvgIpc) is 3.52. The predicted octanol–water partition coefficient (Wildman–Crippen LogP) is 4.71. The second-order valence-corrected chi connectivity index (χ2v) is 12.9. The molecular weight excluding hydrogens is 582 g/mol. The van der Waals surface area contributed by atoms with Crippen molar-refractivity contribution in [3.8, 4) is 0 Å². The molecule has 1 saturated carbocycles. The molecule has 2 aliphatic rings. The monoisotopic (exact) mass is 630 g/mol. The first-order chi connectivity index (χ1) is 21.6. The third kappa shape index (κ3) is 8.27. The zero-order chi connectivity index (χ0) is 32.6. The maximum absolute atomic E-state index is 15.4. The van der Waals surface area contributed by atoms with Crippen molar-refractivity contribution in [3.63, 3.8) is 0 Å². The van der Waals surface area contributed by atoms with Crippen LogP contribution >= 0.6 is 0 Å². The smallest absolute Gasteiger partial charge is 0.256 e. The SMILES string of the molecule is CO[C@@H]1CN(C(=O)c2ccccc2F)C[C@@H](CC(C)C)N(C(=O)C2(c3ccccc3F)CCCC2)CCCCOC[C@@H](O)[C@H]1O. The number of halogens is 2. The summed E-state index contributed by atoms with van der Waals surface area (Å²) >= 11 is 0. The van der Waals surface area contributed by atoms with Crippen LogP contribution in [0.15, 0.2) is 48.5 Å². The topological polar surface area (TPSA) is 99.5 Å². The molecule has 1 aliphatic carbocycles. The quantitative estimate of drug-likeness (QED) is 0.480. The van der Waals surface area contributed by atoms with Gasteiger partial charge < -0.3 is 29.5 Å². The molecule has 4 rings (SSSR count). The Morgan fingerprint density at radius 1 is 0.978 bits per heavy atom. The van der Waals surface area contributed by atoms with Crippen molar-refractivity contribution in [2.75, 3.05) is 40.0 Å². The van der Waals surface area contributed by atoms with E-state index in [0.717, 1.165) is 12.8 Å². The molecule has 0 unspecified atom stereocenters. The first kappa shape index (κ1) is 34.9. The maximum atomic E-state index is 15.4. The van der Waals surface area contributed by atoms with E-state index in [2.05, 4.69) is 0 Å². The molecule has 0 radical (unpaired) electrons. The summed E-state index contributed by atoms with van der Waals surface area (Å²) in [5.74, 6) is -1.76. The number of aliphatic hydroxyl groups is 2. The number of amides is 2. The van der Waals surface area contributed by atoms with Gasteiger partial charge in [-0.3, -0.25) is 9.59 Å². The van der Waals surface area contributed by atoms with E-state index in [1.165, 1.54) is 36.3 Å². The van der Waals surface area contributed by atoms with Gasteiger partial charge in [-0.2, -0.15) is 0 Å². The molecule has 0 aromatic heterocycles. The molecule has 10 heteroatoms. The lowest BCUT2D eigenvalue weighted by atomic mass is 9.76. The lowest BCUT2D eigenvalue weighted by Gasteiger charge is -2.42.